The lowest BCUT2D eigenvalue weighted by atomic mass is 10.2. The Morgan fingerprint density at radius 1 is 1.62 bits per heavy atom. The number of ether oxygens (including phenoxy) is 1. The number of nitrogens with zero attached hydrogens (tertiary/aromatic N) is 1. The van der Waals surface area contributed by atoms with Gasteiger partial charge in [-0.25, -0.2) is 0 Å². The summed E-state index contributed by atoms with van der Waals surface area (Å²) in [6, 6.07) is -0.944. The van der Waals surface area contributed by atoms with Gasteiger partial charge in [0.25, 0.3) is 10.2 Å². The predicted molar refractivity (Wildman–Crippen MR) is 56.2 cm³/mol. The van der Waals surface area contributed by atoms with E-state index < -0.39 is 22.2 Å². The van der Waals surface area contributed by atoms with Crippen LogP contribution in [0.5, 0.6) is 0 Å². The normalized spacial score (nSPS) is 22.4. The van der Waals surface area contributed by atoms with E-state index in [0.717, 1.165) is 4.31 Å². The van der Waals surface area contributed by atoms with Crippen molar-refractivity contribution in [3.05, 3.63) is 0 Å². The molecule has 16 heavy (non-hydrogen) atoms. The lowest BCUT2D eigenvalue weighted by molar-refractivity contribution is -0.140. The summed E-state index contributed by atoms with van der Waals surface area (Å²) in [6.07, 6.45) is 0.933. The molecular formula is C8H16N2O5S. The summed E-state index contributed by atoms with van der Waals surface area (Å²) in [5.41, 5.74) is 0. The Kier molecular flexibility index (Phi) is 4.66. The van der Waals surface area contributed by atoms with Gasteiger partial charge in [-0.05, 0) is 12.8 Å². The van der Waals surface area contributed by atoms with Crippen molar-refractivity contribution >= 4 is 16.2 Å². The highest BCUT2D eigenvalue weighted by Gasteiger charge is 2.38. The van der Waals surface area contributed by atoms with Crippen LogP contribution in [0.2, 0.25) is 0 Å². The summed E-state index contributed by atoms with van der Waals surface area (Å²) < 4.78 is 31.4. The maximum Gasteiger partial charge on any atom is 0.322 e. The van der Waals surface area contributed by atoms with Gasteiger partial charge in [0.15, 0.2) is 0 Å². The van der Waals surface area contributed by atoms with Crippen molar-refractivity contribution in [2.24, 2.45) is 0 Å². The molecule has 1 unspecified atom stereocenters. The minimum absolute atomic E-state index is 0.141. The molecule has 1 rings (SSSR count). The van der Waals surface area contributed by atoms with Crippen molar-refractivity contribution in [3.63, 3.8) is 0 Å². The van der Waals surface area contributed by atoms with Crippen LogP contribution in [0.1, 0.15) is 12.8 Å². The van der Waals surface area contributed by atoms with Gasteiger partial charge in [-0.15, -0.1) is 0 Å². The topological polar surface area (TPSA) is 95.9 Å². The molecule has 0 amide bonds. The molecule has 1 heterocycles. The van der Waals surface area contributed by atoms with Crippen molar-refractivity contribution < 1.29 is 23.1 Å². The van der Waals surface area contributed by atoms with Crippen LogP contribution < -0.4 is 4.72 Å². The van der Waals surface area contributed by atoms with Crippen molar-refractivity contribution in [2.75, 3.05) is 26.8 Å². The van der Waals surface area contributed by atoms with Gasteiger partial charge in [0.2, 0.25) is 0 Å². The monoisotopic (exact) mass is 252 g/mol. The Bertz CT molecular complexity index is 342. The van der Waals surface area contributed by atoms with Gasteiger partial charge in [0, 0.05) is 20.2 Å². The van der Waals surface area contributed by atoms with Gasteiger partial charge >= 0.3 is 5.97 Å². The number of carboxylic acid groups (broad SMARTS) is 1. The number of nitrogens with one attached hydrogen (secondary N) is 1. The average Bonchev–Trinajstić information content (AvgIpc) is 2.66. The molecule has 8 heteroatoms. The third-order valence-corrected chi connectivity index (χ3v) is 4.01. The summed E-state index contributed by atoms with van der Waals surface area (Å²) in [7, 11) is -2.24. The van der Waals surface area contributed by atoms with E-state index >= 15 is 0 Å². The lowest BCUT2D eigenvalue weighted by Crippen LogP contribution is -2.47. The van der Waals surface area contributed by atoms with Crippen LogP contribution in [0.15, 0.2) is 0 Å². The largest absolute Gasteiger partial charge is 0.480 e. The standard InChI is InChI=1S/C8H16N2O5S/c1-15-6-4-9-16(13,14)10-5-2-3-7(10)8(11)12/h7,9H,2-6H2,1H3,(H,11,12). The zero-order chi connectivity index (χ0) is 12.2. The average molecular weight is 252 g/mol. The summed E-state index contributed by atoms with van der Waals surface area (Å²) in [5.74, 6) is -1.10. The van der Waals surface area contributed by atoms with Crippen LogP contribution in [0.4, 0.5) is 0 Å². The summed E-state index contributed by atoms with van der Waals surface area (Å²) in [6.45, 7) is 0.645. The molecule has 1 aliphatic heterocycles. The summed E-state index contributed by atoms with van der Waals surface area (Å²) in [5, 5.41) is 8.86. The van der Waals surface area contributed by atoms with Crippen LogP contribution in [-0.4, -0.2) is 56.6 Å². The fraction of sp³-hybridized carbons (Fsp3) is 0.875. The lowest BCUT2D eigenvalue weighted by Gasteiger charge is -2.20. The van der Waals surface area contributed by atoms with E-state index in [1.807, 2.05) is 0 Å². The maximum atomic E-state index is 11.7. The number of carboxylic acids is 1. The number of hydrogen-bond donors (Lipinski definition) is 2. The molecule has 0 spiro atoms. The predicted octanol–water partition coefficient (Wildman–Crippen LogP) is -0.984. The first-order valence-electron chi connectivity index (χ1n) is 4.97. The number of methoxy groups -OCH3 is 1. The van der Waals surface area contributed by atoms with Gasteiger partial charge < -0.3 is 9.84 Å². The minimum Gasteiger partial charge on any atom is -0.480 e. The fourth-order valence-electron chi connectivity index (χ4n) is 1.63. The van der Waals surface area contributed by atoms with Gasteiger partial charge in [0.05, 0.1) is 6.61 Å². The minimum atomic E-state index is -3.70. The number of carbonyl (C=O) groups is 1. The number of aliphatic carboxylic acids is 1. The third-order valence-electron chi connectivity index (χ3n) is 2.39. The van der Waals surface area contributed by atoms with Crippen LogP contribution in [-0.2, 0) is 19.7 Å². The molecule has 1 atom stereocenters. The molecule has 0 aromatic heterocycles. The zero-order valence-electron chi connectivity index (χ0n) is 9.05. The van der Waals surface area contributed by atoms with E-state index in [0.29, 0.717) is 12.8 Å². The molecule has 0 bridgehead atoms. The van der Waals surface area contributed by atoms with E-state index in [1.54, 1.807) is 0 Å². The molecule has 0 aromatic carbocycles. The quantitative estimate of drug-likeness (QED) is 0.592. The number of rotatable bonds is 6. The molecule has 0 saturated carbocycles. The van der Waals surface area contributed by atoms with Gasteiger partial charge in [-0.2, -0.15) is 17.4 Å². The second kappa shape index (κ2) is 5.58. The highest BCUT2D eigenvalue weighted by Crippen LogP contribution is 2.20. The SMILES string of the molecule is COCCNS(=O)(=O)N1CCCC1C(=O)O. The van der Waals surface area contributed by atoms with Crippen LogP contribution in [0, 0.1) is 0 Å². The molecule has 0 radical (unpaired) electrons. The first kappa shape index (κ1) is 13.4. The van der Waals surface area contributed by atoms with Gasteiger partial charge in [-0.3, -0.25) is 4.79 Å². The van der Waals surface area contributed by atoms with Crippen LogP contribution in [0.3, 0.4) is 0 Å². The maximum absolute atomic E-state index is 11.7. The Balaban J connectivity index is 2.63. The van der Waals surface area contributed by atoms with Crippen molar-refractivity contribution in [3.8, 4) is 0 Å². The van der Waals surface area contributed by atoms with E-state index in [1.165, 1.54) is 7.11 Å². The molecule has 1 fully saturated rings. The van der Waals surface area contributed by atoms with E-state index in [-0.39, 0.29) is 19.7 Å². The first-order chi connectivity index (χ1) is 7.49. The van der Waals surface area contributed by atoms with E-state index in [4.69, 9.17) is 9.84 Å². The second-order valence-electron chi connectivity index (χ2n) is 3.50. The molecule has 94 valence electrons. The number of hydrogen-bond acceptors (Lipinski definition) is 4. The highest BCUT2D eigenvalue weighted by molar-refractivity contribution is 7.87. The first-order valence-corrected chi connectivity index (χ1v) is 6.41. The molecule has 1 aliphatic rings. The molecular weight excluding hydrogens is 236 g/mol. The van der Waals surface area contributed by atoms with Crippen molar-refractivity contribution in [1.29, 1.82) is 0 Å². The van der Waals surface area contributed by atoms with Gasteiger partial charge in [0.1, 0.15) is 6.04 Å². The fourth-order valence-corrected chi connectivity index (χ4v) is 3.04. The summed E-state index contributed by atoms with van der Waals surface area (Å²) in [4.78, 5) is 10.8. The molecule has 1 saturated heterocycles. The van der Waals surface area contributed by atoms with Crippen LogP contribution in [0.25, 0.3) is 0 Å². The molecule has 7 nitrogen and oxygen atoms in total. The van der Waals surface area contributed by atoms with Crippen LogP contribution >= 0.6 is 0 Å². The van der Waals surface area contributed by atoms with Gasteiger partial charge in [-0.1, -0.05) is 0 Å². The van der Waals surface area contributed by atoms with Crippen molar-refractivity contribution in [2.45, 2.75) is 18.9 Å². The summed E-state index contributed by atoms with van der Waals surface area (Å²) >= 11 is 0. The van der Waals surface area contributed by atoms with E-state index in [9.17, 15) is 13.2 Å². The molecule has 2 N–H and O–H groups in total. The molecule has 0 aromatic rings. The third kappa shape index (κ3) is 3.14. The Hall–Kier alpha value is -0.700. The Morgan fingerprint density at radius 2 is 2.31 bits per heavy atom. The Labute approximate surface area is 94.6 Å². The second-order valence-corrected chi connectivity index (χ2v) is 5.21. The molecule has 0 aliphatic carbocycles. The van der Waals surface area contributed by atoms with E-state index in [2.05, 4.69) is 4.72 Å². The highest BCUT2D eigenvalue weighted by atomic mass is 32.2. The zero-order valence-corrected chi connectivity index (χ0v) is 9.87. The Morgan fingerprint density at radius 3 is 2.88 bits per heavy atom. The smallest absolute Gasteiger partial charge is 0.322 e. The van der Waals surface area contributed by atoms with Crippen molar-refractivity contribution in [1.82, 2.24) is 9.03 Å².